The van der Waals surface area contributed by atoms with Crippen LogP contribution in [0.3, 0.4) is 0 Å². The Labute approximate surface area is 197 Å². The van der Waals surface area contributed by atoms with Gasteiger partial charge < -0.3 is 10.6 Å². The molecule has 0 aliphatic carbocycles. The standard InChI is InChI=1S/C22H25ClN4O5S/c1-4-26(5-2)33(31,32)18-12-10-17(11-13-18)24-19(28)14-27-20(29)22(3,25-21(27)30)15-6-8-16(23)9-7-15/h6-13H,4-5,14H2,1-3H3,(H,24,28)(H,25,30). The molecule has 2 aromatic carbocycles. The van der Waals surface area contributed by atoms with Crippen LogP contribution in [0.15, 0.2) is 53.4 Å². The summed E-state index contributed by atoms with van der Waals surface area (Å²) in [6.07, 6.45) is 0. The first-order chi connectivity index (χ1) is 15.5. The Kier molecular flexibility index (Phi) is 7.11. The van der Waals surface area contributed by atoms with Crippen LogP contribution in [0.25, 0.3) is 0 Å². The minimum Gasteiger partial charge on any atom is -0.325 e. The van der Waals surface area contributed by atoms with Crippen LogP contribution < -0.4 is 10.6 Å². The highest BCUT2D eigenvalue weighted by molar-refractivity contribution is 7.89. The van der Waals surface area contributed by atoms with Crippen LogP contribution in [0, 0.1) is 0 Å². The summed E-state index contributed by atoms with van der Waals surface area (Å²) in [6, 6.07) is 11.5. The molecule has 2 aromatic rings. The number of hydrogen-bond donors (Lipinski definition) is 2. The summed E-state index contributed by atoms with van der Waals surface area (Å²) in [5.74, 6) is -1.16. The number of anilines is 1. The highest BCUT2D eigenvalue weighted by Crippen LogP contribution is 2.29. The molecule has 11 heteroatoms. The predicted molar refractivity (Wildman–Crippen MR) is 124 cm³/mol. The molecule has 1 unspecified atom stereocenters. The van der Waals surface area contributed by atoms with Crippen LogP contribution in [0.1, 0.15) is 26.3 Å². The lowest BCUT2D eigenvalue weighted by atomic mass is 9.92. The second-order valence-corrected chi connectivity index (χ2v) is 9.99. The number of urea groups is 1. The van der Waals surface area contributed by atoms with Crippen molar-refractivity contribution in [3.8, 4) is 0 Å². The van der Waals surface area contributed by atoms with Gasteiger partial charge >= 0.3 is 6.03 Å². The summed E-state index contributed by atoms with van der Waals surface area (Å²) in [5, 5.41) is 5.70. The zero-order chi connectivity index (χ0) is 24.4. The lowest BCUT2D eigenvalue weighted by Gasteiger charge is -2.22. The van der Waals surface area contributed by atoms with Crippen molar-refractivity contribution in [3.05, 3.63) is 59.1 Å². The van der Waals surface area contributed by atoms with Gasteiger partial charge in [-0.2, -0.15) is 4.31 Å². The van der Waals surface area contributed by atoms with Crippen LogP contribution in [0.5, 0.6) is 0 Å². The molecule has 1 fully saturated rings. The van der Waals surface area contributed by atoms with E-state index >= 15 is 0 Å². The molecular weight excluding hydrogens is 468 g/mol. The number of hydrogen-bond acceptors (Lipinski definition) is 5. The molecule has 33 heavy (non-hydrogen) atoms. The molecule has 0 bridgehead atoms. The van der Waals surface area contributed by atoms with Crippen molar-refractivity contribution in [1.29, 1.82) is 0 Å². The number of nitrogens with one attached hydrogen (secondary N) is 2. The van der Waals surface area contributed by atoms with E-state index in [1.165, 1.54) is 28.6 Å². The molecule has 0 saturated carbocycles. The first-order valence-electron chi connectivity index (χ1n) is 10.3. The lowest BCUT2D eigenvalue weighted by molar-refractivity contribution is -0.133. The van der Waals surface area contributed by atoms with Crippen LogP contribution >= 0.6 is 11.6 Å². The van der Waals surface area contributed by atoms with Crippen LogP contribution in [0.4, 0.5) is 10.5 Å². The molecule has 0 aromatic heterocycles. The van der Waals surface area contributed by atoms with E-state index in [4.69, 9.17) is 11.6 Å². The van der Waals surface area contributed by atoms with Gasteiger partial charge in [-0.05, 0) is 48.9 Å². The lowest BCUT2D eigenvalue weighted by Crippen LogP contribution is -2.42. The first kappa shape index (κ1) is 24.7. The largest absolute Gasteiger partial charge is 0.325 e. The Morgan fingerprint density at radius 2 is 1.64 bits per heavy atom. The van der Waals surface area contributed by atoms with E-state index in [1.807, 2.05) is 0 Å². The Morgan fingerprint density at radius 1 is 1.06 bits per heavy atom. The monoisotopic (exact) mass is 492 g/mol. The van der Waals surface area contributed by atoms with Crippen molar-refractivity contribution in [2.75, 3.05) is 25.0 Å². The molecule has 4 amide bonds. The number of imide groups is 1. The predicted octanol–water partition coefficient (Wildman–Crippen LogP) is 2.78. The molecule has 3 rings (SSSR count). The van der Waals surface area contributed by atoms with E-state index in [0.717, 1.165) is 4.90 Å². The SMILES string of the molecule is CCN(CC)S(=O)(=O)c1ccc(NC(=O)CN2C(=O)NC(C)(c3ccc(Cl)cc3)C2=O)cc1. The zero-order valence-electron chi connectivity index (χ0n) is 18.5. The average molecular weight is 493 g/mol. The second-order valence-electron chi connectivity index (χ2n) is 7.62. The third-order valence-corrected chi connectivity index (χ3v) is 7.80. The Morgan fingerprint density at radius 3 is 2.18 bits per heavy atom. The van der Waals surface area contributed by atoms with Gasteiger partial charge in [0.15, 0.2) is 0 Å². The molecule has 1 heterocycles. The number of amides is 4. The van der Waals surface area contributed by atoms with Crippen molar-refractivity contribution in [1.82, 2.24) is 14.5 Å². The van der Waals surface area contributed by atoms with E-state index in [-0.39, 0.29) is 4.90 Å². The van der Waals surface area contributed by atoms with E-state index in [1.54, 1.807) is 45.0 Å². The Bertz CT molecular complexity index is 1160. The fraction of sp³-hybridized carbons (Fsp3) is 0.318. The Balaban J connectivity index is 1.69. The first-order valence-corrected chi connectivity index (χ1v) is 12.1. The summed E-state index contributed by atoms with van der Waals surface area (Å²) >= 11 is 5.90. The van der Waals surface area contributed by atoms with Gasteiger partial charge in [-0.3, -0.25) is 14.5 Å². The molecule has 1 aliphatic rings. The minimum atomic E-state index is -3.62. The number of halogens is 1. The normalized spacial score (nSPS) is 18.5. The topological polar surface area (TPSA) is 116 Å². The minimum absolute atomic E-state index is 0.108. The highest BCUT2D eigenvalue weighted by Gasteiger charge is 2.49. The van der Waals surface area contributed by atoms with Gasteiger partial charge in [0, 0.05) is 23.8 Å². The molecule has 176 valence electrons. The summed E-state index contributed by atoms with van der Waals surface area (Å²) in [7, 11) is -3.62. The Hall–Kier alpha value is -2.95. The number of carbonyl (C=O) groups is 3. The summed E-state index contributed by atoms with van der Waals surface area (Å²) < 4.78 is 26.5. The van der Waals surface area contributed by atoms with Gasteiger partial charge in [0.2, 0.25) is 15.9 Å². The number of benzene rings is 2. The molecule has 0 radical (unpaired) electrons. The molecular formula is C22H25ClN4O5S. The van der Waals surface area contributed by atoms with E-state index in [2.05, 4.69) is 10.6 Å². The van der Waals surface area contributed by atoms with Crippen molar-refractivity contribution in [2.24, 2.45) is 0 Å². The maximum atomic E-state index is 12.9. The van der Waals surface area contributed by atoms with Crippen molar-refractivity contribution < 1.29 is 22.8 Å². The molecule has 1 saturated heterocycles. The van der Waals surface area contributed by atoms with E-state index in [9.17, 15) is 22.8 Å². The smallest absolute Gasteiger partial charge is 0.325 e. The van der Waals surface area contributed by atoms with E-state index < -0.39 is 40.0 Å². The summed E-state index contributed by atoms with van der Waals surface area (Å²) in [6.45, 7) is 5.26. The van der Waals surface area contributed by atoms with Gasteiger partial charge in [-0.15, -0.1) is 0 Å². The average Bonchev–Trinajstić information content (AvgIpc) is 2.99. The molecule has 0 spiro atoms. The molecule has 2 N–H and O–H groups in total. The maximum Gasteiger partial charge on any atom is 0.325 e. The van der Waals surface area contributed by atoms with Gasteiger partial charge in [0.1, 0.15) is 12.1 Å². The van der Waals surface area contributed by atoms with Gasteiger partial charge in [-0.1, -0.05) is 37.6 Å². The molecule has 9 nitrogen and oxygen atoms in total. The molecule has 1 atom stereocenters. The fourth-order valence-corrected chi connectivity index (χ4v) is 5.17. The maximum absolute atomic E-state index is 12.9. The number of nitrogens with zero attached hydrogens (tertiary/aromatic N) is 2. The van der Waals surface area contributed by atoms with Gasteiger partial charge in [0.05, 0.1) is 4.90 Å². The van der Waals surface area contributed by atoms with Gasteiger partial charge in [-0.25, -0.2) is 13.2 Å². The number of rotatable bonds is 8. The van der Waals surface area contributed by atoms with Crippen molar-refractivity contribution in [2.45, 2.75) is 31.2 Å². The summed E-state index contributed by atoms with van der Waals surface area (Å²) in [5.41, 5.74) is -0.438. The van der Waals surface area contributed by atoms with E-state index in [0.29, 0.717) is 29.4 Å². The quantitative estimate of drug-likeness (QED) is 0.550. The second kappa shape index (κ2) is 9.50. The fourth-order valence-electron chi connectivity index (χ4n) is 3.59. The third-order valence-electron chi connectivity index (χ3n) is 5.48. The van der Waals surface area contributed by atoms with Crippen LogP contribution in [-0.4, -0.2) is 55.1 Å². The van der Waals surface area contributed by atoms with Crippen molar-refractivity contribution in [3.63, 3.8) is 0 Å². The molecule has 1 aliphatic heterocycles. The highest BCUT2D eigenvalue weighted by atomic mass is 35.5. The van der Waals surface area contributed by atoms with Crippen LogP contribution in [0.2, 0.25) is 5.02 Å². The van der Waals surface area contributed by atoms with Gasteiger partial charge in [0.25, 0.3) is 5.91 Å². The summed E-state index contributed by atoms with van der Waals surface area (Å²) in [4.78, 5) is 38.8. The van der Waals surface area contributed by atoms with Crippen molar-refractivity contribution >= 4 is 45.2 Å². The number of carbonyl (C=O) groups excluding carboxylic acids is 3. The number of sulfonamides is 1. The van der Waals surface area contributed by atoms with Crippen LogP contribution in [-0.2, 0) is 25.2 Å². The zero-order valence-corrected chi connectivity index (χ0v) is 20.0. The third kappa shape index (κ3) is 4.87.